The monoisotopic (exact) mass is 336 g/mol. The maximum atomic E-state index is 14.3. The highest BCUT2D eigenvalue weighted by Crippen LogP contribution is 2.24. The number of carbonyl (C=O) groups is 1. The minimum atomic E-state index is -0.759. The van der Waals surface area contributed by atoms with E-state index in [2.05, 4.69) is 5.32 Å². The summed E-state index contributed by atoms with van der Waals surface area (Å²) in [7, 11) is 0. The second-order valence-electron chi connectivity index (χ2n) is 5.89. The number of hydrogen-bond donors (Lipinski definition) is 1. The number of nitriles is 1. The van der Waals surface area contributed by atoms with Crippen molar-refractivity contribution in [2.24, 2.45) is 0 Å². The number of likely N-dealkylation sites (tertiary alicyclic amines) is 1. The molecule has 3 rings (SSSR count). The van der Waals surface area contributed by atoms with Crippen molar-refractivity contribution in [2.75, 3.05) is 44.3 Å². The fourth-order valence-corrected chi connectivity index (χ4v) is 2.99. The van der Waals surface area contributed by atoms with Crippen LogP contribution in [0.2, 0.25) is 0 Å². The Kier molecular flexibility index (Phi) is 4.81. The zero-order chi connectivity index (χ0) is 17.1. The van der Waals surface area contributed by atoms with Crippen molar-refractivity contribution in [1.29, 1.82) is 5.26 Å². The Labute approximate surface area is 138 Å². The van der Waals surface area contributed by atoms with E-state index in [1.54, 1.807) is 4.90 Å². The van der Waals surface area contributed by atoms with Crippen LogP contribution in [-0.4, -0.2) is 56.2 Å². The van der Waals surface area contributed by atoms with Gasteiger partial charge in [-0.3, -0.25) is 4.79 Å². The summed E-state index contributed by atoms with van der Waals surface area (Å²) in [6.45, 7) is 2.81. The number of anilines is 1. The normalized spacial score (nSPS) is 20.8. The number of hydrogen-bond acceptors (Lipinski definition) is 5. The number of nitrogens with zero attached hydrogens (tertiary/aromatic N) is 3. The van der Waals surface area contributed by atoms with Crippen LogP contribution < -0.4 is 10.2 Å². The summed E-state index contributed by atoms with van der Waals surface area (Å²) in [6.07, 6.45) is 2.61. The number of morpholine rings is 1. The fourth-order valence-electron chi connectivity index (χ4n) is 2.99. The molecule has 1 N–H and O–H groups in total. The first kappa shape index (κ1) is 16.5. The van der Waals surface area contributed by atoms with Gasteiger partial charge in [-0.15, -0.1) is 0 Å². The van der Waals surface area contributed by atoms with E-state index in [4.69, 9.17) is 10.00 Å². The van der Waals surface area contributed by atoms with Gasteiger partial charge in [-0.2, -0.15) is 5.26 Å². The number of benzene rings is 1. The molecule has 2 heterocycles. The third kappa shape index (κ3) is 3.41. The minimum absolute atomic E-state index is 0.142. The molecule has 1 aromatic carbocycles. The summed E-state index contributed by atoms with van der Waals surface area (Å²) in [6, 6.07) is 1.76. The molecule has 0 saturated carbocycles. The van der Waals surface area contributed by atoms with Gasteiger partial charge in [0, 0.05) is 38.3 Å². The first-order valence-electron chi connectivity index (χ1n) is 7.86. The summed E-state index contributed by atoms with van der Waals surface area (Å²) in [5.74, 6) is -2.05. The van der Waals surface area contributed by atoms with E-state index in [1.807, 2.05) is 6.19 Å². The van der Waals surface area contributed by atoms with Crippen molar-refractivity contribution in [3.63, 3.8) is 0 Å². The molecule has 2 fully saturated rings. The van der Waals surface area contributed by atoms with Crippen molar-refractivity contribution in [3.8, 4) is 6.19 Å². The lowest BCUT2D eigenvalue weighted by Gasteiger charge is -2.29. The van der Waals surface area contributed by atoms with E-state index in [9.17, 15) is 13.6 Å². The molecule has 24 heavy (non-hydrogen) atoms. The molecule has 8 heteroatoms. The number of amides is 1. The molecule has 128 valence electrons. The molecule has 0 bridgehead atoms. The van der Waals surface area contributed by atoms with Crippen LogP contribution in [0.5, 0.6) is 0 Å². The van der Waals surface area contributed by atoms with Crippen LogP contribution in [0.25, 0.3) is 0 Å². The second kappa shape index (κ2) is 7.01. The van der Waals surface area contributed by atoms with E-state index in [1.165, 1.54) is 4.90 Å². The van der Waals surface area contributed by atoms with E-state index in [-0.39, 0.29) is 17.3 Å². The second-order valence-corrected chi connectivity index (χ2v) is 5.89. The largest absolute Gasteiger partial charge is 0.378 e. The maximum Gasteiger partial charge on any atom is 0.254 e. The average Bonchev–Trinajstić information content (AvgIpc) is 3.05. The van der Waals surface area contributed by atoms with Crippen molar-refractivity contribution in [3.05, 3.63) is 29.3 Å². The lowest BCUT2D eigenvalue weighted by Crippen LogP contribution is -2.38. The molecule has 0 spiro atoms. The van der Waals surface area contributed by atoms with Gasteiger partial charge in [-0.1, -0.05) is 0 Å². The maximum absolute atomic E-state index is 14.3. The zero-order valence-electron chi connectivity index (χ0n) is 13.1. The molecule has 0 radical (unpaired) electrons. The van der Waals surface area contributed by atoms with Crippen LogP contribution in [0.1, 0.15) is 16.8 Å². The van der Waals surface area contributed by atoms with Crippen LogP contribution in [0.3, 0.4) is 0 Å². The quantitative estimate of drug-likeness (QED) is 0.837. The molecule has 1 atom stereocenters. The van der Waals surface area contributed by atoms with Crippen LogP contribution in [0, 0.1) is 23.1 Å². The highest BCUT2D eigenvalue weighted by molar-refractivity contribution is 5.95. The van der Waals surface area contributed by atoms with E-state index in [0.717, 1.165) is 12.1 Å². The van der Waals surface area contributed by atoms with Crippen molar-refractivity contribution in [1.82, 2.24) is 10.2 Å². The first-order chi connectivity index (χ1) is 11.6. The molecular formula is C16H18F2N4O2. The molecule has 1 amide bonds. The number of nitrogens with one attached hydrogen (secondary N) is 1. The molecule has 0 unspecified atom stereocenters. The Morgan fingerprint density at radius 3 is 2.67 bits per heavy atom. The van der Waals surface area contributed by atoms with Crippen LogP contribution in [0.15, 0.2) is 12.1 Å². The highest BCUT2D eigenvalue weighted by atomic mass is 19.1. The van der Waals surface area contributed by atoms with Crippen LogP contribution in [0.4, 0.5) is 14.5 Å². The Balaban J connectivity index is 1.73. The Morgan fingerprint density at radius 2 is 2.00 bits per heavy atom. The molecule has 2 aliphatic heterocycles. The van der Waals surface area contributed by atoms with Gasteiger partial charge in [0.25, 0.3) is 5.91 Å². The fraction of sp³-hybridized carbons (Fsp3) is 0.500. The van der Waals surface area contributed by atoms with Crippen LogP contribution >= 0.6 is 0 Å². The third-order valence-corrected chi connectivity index (χ3v) is 4.30. The molecule has 0 aliphatic carbocycles. The minimum Gasteiger partial charge on any atom is -0.378 e. The van der Waals surface area contributed by atoms with Gasteiger partial charge in [-0.05, 0) is 12.5 Å². The summed E-state index contributed by atoms with van der Waals surface area (Å²) in [4.78, 5) is 15.4. The first-order valence-corrected chi connectivity index (χ1v) is 7.86. The number of ether oxygens (including phenoxy) is 1. The molecular weight excluding hydrogens is 318 g/mol. The topological polar surface area (TPSA) is 68.6 Å². The third-order valence-electron chi connectivity index (χ3n) is 4.30. The number of halogens is 2. The molecule has 6 nitrogen and oxygen atoms in total. The van der Waals surface area contributed by atoms with Crippen molar-refractivity contribution < 1.29 is 18.3 Å². The van der Waals surface area contributed by atoms with Gasteiger partial charge < -0.3 is 19.9 Å². The summed E-state index contributed by atoms with van der Waals surface area (Å²) in [5.41, 5.74) is -0.177. The number of rotatable bonds is 3. The predicted molar refractivity (Wildman–Crippen MR) is 82.4 cm³/mol. The Morgan fingerprint density at radius 1 is 1.25 bits per heavy atom. The molecule has 0 aromatic heterocycles. The summed E-state index contributed by atoms with van der Waals surface area (Å²) < 4.78 is 33.8. The lowest BCUT2D eigenvalue weighted by molar-refractivity contribution is 0.0934. The average molecular weight is 336 g/mol. The van der Waals surface area contributed by atoms with Gasteiger partial charge >= 0.3 is 0 Å². The number of carbonyl (C=O) groups excluding carboxylic acids is 1. The lowest BCUT2D eigenvalue weighted by atomic mass is 10.1. The smallest absolute Gasteiger partial charge is 0.254 e. The van der Waals surface area contributed by atoms with Crippen LogP contribution in [-0.2, 0) is 4.74 Å². The van der Waals surface area contributed by atoms with Gasteiger partial charge in [-0.25, -0.2) is 8.78 Å². The Hall–Kier alpha value is -2.40. The van der Waals surface area contributed by atoms with Gasteiger partial charge in [0.2, 0.25) is 0 Å². The zero-order valence-corrected chi connectivity index (χ0v) is 13.1. The summed E-state index contributed by atoms with van der Waals surface area (Å²) >= 11 is 0. The van der Waals surface area contributed by atoms with Gasteiger partial charge in [0.1, 0.15) is 11.6 Å². The highest BCUT2D eigenvalue weighted by Gasteiger charge is 2.26. The van der Waals surface area contributed by atoms with Gasteiger partial charge in [0.05, 0.1) is 24.5 Å². The van der Waals surface area contributed by atoms with Crippen molar-refractivity contribution in [2.45, 2.75) is 12.5 Å². The molecule has 2 aliphatic rings. The predicted octanol–water partition coefficient (Wildman–Crippen LogP) is 1.09. The van der Waals surface area contributed by atoms with E-state index < -0.39 is 17.5 Å². The molecule has 1 aromatic rings. The SMILES string of the molecule is N#CN1CC[C@@H](NC(=O)c2cc(F)c(N3CCOCC3)cc2F)C1. The summed E-state index contributed by atoms with van der Waals surface area (Å²) in [5, 5.41) is 11.5. The van der Waals surface area contributed by atoms with Gasteiger partial charge in [0.15, 0.2) is 6.19 Å². The van der Waals surface area contributed by atoms with E-state index in [0.29, 0.717) is 45.8 Å². The van der Waals surface area contributed by atoms with E-state index >= 15 is 0 Å². The standard InChI is InChI=1S/C16H18F2N4O2/c17-13-8-15(22-3-5-24-6-4-22)14(18)7-12(13)16(23)20-11-1-2-21(9-11)10-19/h7-8,11H,1-6,9H2,(H,20,23)/t11-/m1/s1. The Bertz CT molecular complexity index is 671. The molecule has 2 saturated heterocycles. The van der Waals surface area contributed by atoms with Crippen molar-refractivity contribution >= 4 is 11.6 Å².